The second-order valence-corrected chi connectivity index (χ2v) is 21.8. The molecule has 0 aromatic heterocycles. The lowest BCUT2D eigenvalue weighted by atomic mass is 10.0. The van der Waals surface area contributed by atoms with Crippen molar-refractivity contribution in [3.05, 3.63) is 72.9 Å². The van der Waals surface area contributed by atoms with E-state index in [-0.39, 0.29) is 25.2 Å². The van der Waals surface area contributed by atoms with Crippen LogP contribution in [0, 0.1) is 0 Å². The van der Waals surface area contributed by atoms with Crippen molar-refractivity contribution >= 4 is 11.9 Å². The van der Waals surface area contributed by atoms with Crippen LogP contribution in [0.5, 0.6) is 0 Å². The molecule has 0 aliphatic heterocycles. The zero-order chi connectivity index (χ0) is 53.4. The summed E-state index contributed by atoms with van der Waals surface area (Å²) < 4.78 is 10.7. The molecule has 0 saturated carbocycles. The maximum absolute atomic E-state index is 12.3. The summed E-state index contributed by atoms with van der Waals surface area (Å²) in [5.74, 6) is -0.592. The molecule has 5 heteroatoms. The van der Waals surface area contributed by atoms with Gasteiger partial charge in [0.1, 0.15) is 6.61 Å². The number of allylic oxidation sites excluding steroid dienone is 12. The average molecular weight is 1030 g/mol. The smallest absolute Gasteiger partial charge is 0.306 e. The second kappa shape index (κ2) is 64.6. The molecule has 0 saturated heterocycles. The van der Waals surface area contributed by atoms with Crippen molar-refractivity contribution in [2.45, 2.75) is 341 Å². The molecule has 0 amide bonds. The fourth-order valence-corrected chi connectivity index (χ4v) is 9.64. The van der Waals surface area contributed by atoms with Gasteiger partial charge in [0.2, 0.25) is 0 Å². The van der Waals surface area contributed by atoms with Crippen molar-refractivity contribution in [3.63, 3.8) is 0 Å². The van der Waals surface area contributed by atoms with E-state index >= 15 is 0 Å². The minimum Gasteiger partial charge on any atom is -0.462 e. The highest BCUT2D eigenvalue weighted by atomic mass is 16.6. The number of aliphatic hydroxyl groups excluding tert-OH is 1. The summed E-state index contributed by atoms with van der Waals surface area (Å²) in [5.41, 5.74) is 0. The maximum Gasteiger partial charge on any atom is 0.306 e. The molecule has 0 spiro atoms. The number of rotatable bonds is 60. The quantitative estimate of drug-likeness (QED) is 0.0373. The Morgan fingerprint density at radius 1 is 0.324 bits per heavy atom. The fraction of sp³-hybridized carbons (Fsp3) is 0.797. The minimum absolute atomic E-state index is 0.0700. The van der Waals surface area contributed by atoms with Gasteiger partial charge in [0.25, 0.3) is 0 Å². The number of ether oxygens (including phenoxy) is 2. The second-order valence-electron chi connectivity index (χ2n) is 21.8. The molecule has 0 heterocycles. The first-order chi connectivity index (χ1) is 36.6. The summed E-state index contributed by atoms with van der Waals surface area (Å²) in [5, 5.41) is 9.67. The molecule has 1 unspecified atom stereocenters. The third kappa shape index (κ3) is 61.9. The molecule has 1 N–H and O–H groups in total. The third-order valence-electron chi connectivity index (χ3n) is 14.5. The van der Waals surface area contributed by atoms with Crippen molar-refractivity contribution in [2.75, 3.05) is 13.2 Å². The van der Waals surface area contributed by atoms with Gasteiger partial charge in [-0.05, 0) is 83.5 Å². The molecule has 0 bridgehead atoms. The number of unbranched alkanes of at least 4 members (excludes halogenated alkanes) is 40. The summed E-state index contributed by atoms with van der Waals surface area (Å²) in [6, 6.07) is 0. The molecule has 1 atom stereocenters. The van der Waals surface area contributed by atoms with Gasteiger partial charge >= 0.3 is 11.9 Å². The van der Waals surface area contributed by atoms with Crippen molar-refractivity contribution < 1.29 is 24.2 Å². The Morgan fingerprint density at radius 3 is 0.892 bits per heavy atom. The fourth-order valence-electron chi connectivity index (χ4n) is 9.64. The molecule has 5 nitrogen and oxygen atoms in total. The monoisotopic (exact) mass is 1030 g/mol. The maximum atomic E-state index is 12.3. The zero-order valence-corrected chi connectivity index (χ0v) is 49.4. The molecule has 0 fully saturated rings. The number of aliphatic hydroxyl groups is 1. The van der Waals surface area contributed by atoms with E-state index in [4.69, 9.17) is 9.47 Å². The van der Waals surface area contributed by atoms with Crippen LogP contribution in [-0.2, 0) is 19.1 Å². The molecular weight excluding hydrogens is 909 g/mol. The van der Waals surface area contributed by atoms with Crippen LogP contribution in [0.15, 0.2) is 72.9 Å². The van der Waals surface area contributed by atoms with Gasteiger partial charge in [-0.3, -0.25) is 9.59 Å². The van der Waals surface area contributed by atoms with Gasteiger partial charge in [0.05, 0.1) is 6.61 Å². The Labute approximate surface area is 461 Å². The van der Waals surface area contributed by atoms with Gasteiger partial charge in [0.15, 0.2) is 6.10 Å². The van der Waals surface area contributed by atoms with Gasteiger partial charge in [-0.1, -0.05) is 311 Å². The highest BCUT2D eigenvalue weighted by Gasteiger charge is 2.16. The Kier molecular flexibility index (Phi) is 62.3. The van der Waals surface area contributed by atoms with Crippen LogP contribution in [0.25, 0.3) is 0 Å². The summed E-state index contributed by atoms with van der Waals surface area (Å²) in [4.78, 5) is 24.6. The van der Waals surface area contributed by atoms with Crippen LogP contribution in [0.4, 0.5) is 0 Å². The van der Waals surface area contributed by atoms with Crippen LogP contribution < -0.4 is 0 Å². The largest absolute Gasteiger partial charge is 0.462 e. The molecule has 0 rings (SSSR count). The lowest BCUT2D eigenvalue weighted by Gasteiger charge is -2.15. The van der Waals surface area contributed by atoms with Crippen molar-refractivity contribution in [2.24, 2.45) is 0 Å². The van der Waals surface area contributed by atoms with Crippen molar-refractivity contribution in [3.8, 4) is 0 Å². The minimum atomic E-state index is -0.781. The van der Waals surface area contributed by atoms with Gasteiger partial charge in [-0.2, -0.15) is 0 Å². The van der Waals surface area contributed by atoms with E-state index in [2.05, 4.69) is 86.8 Å². The van der Waals surface area contributed by atoms with E-state index in [1.54, 1.807) is 0 Å². The standard InChI is InChI=1S/C69H124O5/c1-3-5-7-9-11-13-15-17-19-21-23-25-27-28-29-30-31-32-33-34-35-36-37-38-39-40-42-43-45-47-49-51-53-55-57-59-61-63-68(71)73-66-67(65-70)74-69(72)64-62-60-58-56-54-52-50-48-46-44-41-26-24-22-20-18-16-14-12-10-8-6-4-2/h6,8,12,14,18,20-21,23-24,26,44,46,67,70H,3-5,7,9-11,13,15-17,19,22,25,27-43,45,47-66H2,1-2H3/b8-6-,14-12-,20-18-,23-21-,26-24-,46-44-. The molecule has 0 aromatic carbocycles. The van der Waals surface area contributed by atoms with Crippen LogP contribution in [0.2, 0.25) is 0 Å². The van der Waals surface area contributed by atoms with Crippen molar-refractivity contribution in [1.29, 1.82) is 0 Å². The lowest BCUT2D eigenvalue weighted by molar-refractivity contribution is -0.161. The average Bonchev–Trinajstić information content (AvgIpc) is 3.40. The zero-order valence-electron chi connectivity index (χ0n) is 49.4. The number of carbonyl (C=O) groups excluding carboxylic acids is 2. The van der Waals surface area contributed by atoms with Gasteiger partial charge < -0.3 is 14.6 Å². The first kappa shape index (κ1) is 71.3. The molecule has 0 aromatic rings. The first-order valence-corrected chi connectivity index (χ1v) is 32.5. The summed E-state index contributed by atoms with van der Waals surface area (Å²) in [7, 11) is 0. The van der Waals surface area contributed by atoms with Gasteiger partial charge in [-0.15, -0.1) is 0 Å². The van der Waals surface area contributed by atoms with E-state index in [1.807, 2.05) is 0 Å². The van der Waals surface area contributed by atoms with Crippen LogP contribution in [0.1, 0.15) is 335 Å². The summed E-state index contributed by atoms with van der Waals surface area (Å²) in [6.45, 7) is 4.05. The lowest BCUT2D eigenvalue weighted by Crippen LogP contribution is -2.28. The Bertz CT molecular complexity index is 1310. The van der Waals surface area contributed by atoms with Crippen LogP contribution in [0.3, 0.4) is 0 Å². The first-order valence-electron chi connectivity index (χ1n) is 32.5. The molecule has 74 heavy (non-hydrogen) atoms. The predicted molar refractivity (Wildman–Crippen MR) is 325 cm³/mol. The van der Waals surface area contributed by atoms with E-state index in [0.717, 1.165) is 77.0 Å². The number of hydrogen-bond acceptors (Lipinski definition) is 5. The van der Waals surface area contributed by atoms with Gasteiger partial charge in [-0.25, -0.2) is 0 Å². The molecule has 0 radical (unpaired) electrons. The topological polar surface area (TPSA) is 72.8 Å². The van der Waals surface area contributed by atoms with E-state index in [9.17, 15) is 14.7 Å². The van der Waals surface area contributed by atoms with Crippen LogP contribution in [-0.4, -0.2) is 36.4 Å². The number of esters is 2. The third-order valence-corrected chi connectivity index (χ3v) is 14.5. The molecule has 0 aliphatic carbocycles. The molecule has 430 valence electrons. The SMILES string of the molecule is CC/C=C\C/C=C\C/C=C\C/C=C\C/C=C\CCCCCCCCCC(=O)OC(CO)COC(=O)CCCCCCCCCCCCCCCCCCCCCCCCCCC/C=C\CCCCCCCCCC. The molecule has 0 aliphatic rings. The van der Waals surface area contributed by atoms with E-state index < -0.39 is 6.10 Å². The summed E-state index contributed by atoms with van der Waals surface area (Å²) in [6.07, 6.45) is 89.2. The highest BCUT2D eigenvalue weighted by Crippen LogP contribution is 2.18. The van der Waals surface area contributed by atoms with Crippen molar-refractivity contribution in [1.82, 2.24) is 0 Å². The van der Waals surface area contributed by atoms with E-state index in [0.29, 0.717) is 12.8 Å². The van der Waals surface area contributed by atoms with E-state index in [1.165, 1.54) is 231 Å². The Hall–Kier alpha value is -2.66. The predicted octanol–water partition coefficient (Wildman–Crippen LogP) is 22.3. The highest BCUT2D eigenvalue weighted by molar-refractivity contribution is 5.70. The van der Waals surface area contributed by atoms with Crippen LogP contribution >= 0.6 is 0 Å². The number of carbonyl (C=O) groups is 2. The normalized spacial score (nSPS) is 12.6. The van der Waals surface area contributed by atoms with Gasteiger partial charge in [0, 0.05) is 12.8 Å². The Morgan fingerprint density at radius 2 is 0.581 bits per heavy atom. The Balaban J connectivity index is 3.42. The molecular formula is C69H124O5. The number of hydrogen-bond donors (Lipinski definition) is 1. The summed E-state index contributed by atoms with van der Waals surface area (Å²) >= 11 is 0.